The highest BCUT2D eigenvalue weighted by atomic mass is 31.2. The minimum Gasteiger partial charge on any atom is -0.496 e. The van der Waals surface area contributed by atoms with E-state index in [4.69, 9.17) is 23.5 Å². The number of carbonyl (C=O) groups is 2. The second-order valence-corrected chi connectivity index (χ2v) is 18.4. The van der Waals surface area contributed by atoms with Crippen molar-refractivity contribution in [1.82, 2.24) is 5.32 Å². The summed E-state index contributed by atoms with van der Waals surface area (Å²) in [6.45, 7) is 15.3. The zero-order valence-corrected chi connectivity index (χ0v) is 26.4. The number of carbonyl (C=O) groups excluding carboxylic acids is 2. The van der Waals surface area contributed by atoms with Gasteiger partial charge in [0.1, 0.15) is 23.7 Å². The quantitative estimate of drug-likeness (QED) is 0.0932. The molecule has 0 spiro atoms. The highest BCUT2D eigenvalue weighted by Gasteiger charge is 2.33. The maximum Gasteiger partial charge on any atom is 0.342 e. The van der Waals surface area contributed by atoms with Gasteiger partial charge in [0.25, 0.3) is 0 Å². The van der Waals surface area contributed by atoms with Crippen LogP contribution in [0.5, 0.6) is 11.5 Å². The summed E-state index contributed by atoms with van der Waals surface area (Å²) in [4.78, 5) is 34.4. The van der Waals surface area contributed by atoms with E-state index in [-0.39, 0.29) is 31.9 Å². The summed E-state index contributed by atoms with van der Waals surface area (Å²) >= 11 is 0. The van der Waals surface area contributed by atoms with Gasteiger partial charge < -0.3 is 29.2 Å². The third kappa shape index (κ3) is 9.75. The van der Waals surface area contributed by atoms with E-state index in [0.29, 0.717) is 36.6 Å². The van der Waals surface area contributed by atoms with Crippen LogP contribution in [0.4, 0.5) is 0 Å². The van der Waals surface area contributed by atoms with Gasteiger partial charge in [0.2, 0.25) is 0 Å². The van der Waals surface area contributed by atoms with Crippen LogP contribution >= 0.6 is 7.60 Å². The van der Waals surface area contributed by atoms with Gasteiger partial charge in [-0.25, -0.2) is 9.59 Å². The lowest BCUT2D eigenvalue weighted by Crippen LogP contribution is -2.25. The summed E-state index contributed by atoms with van der Waals surface area (Å²) in [5.41, 5.74) is 3.94. The van der Waals surface area contributed by atoms with Crippen molar-refractivity contribution in [3.05, 3.63) is 33.9 Å². The Morgan fingerprint density at radius 1 is 1.28 bits per heavy atom. The predicted octanol–water partition coefficient (Wildman–Crippen LogP) is 4.62. The SMILES string of the molecule is CCOC(=O)[C@H](C)OP(=O)(O)CCNC/C(C)=C/Cc1c(OC)c(C)c2c(c1OCC[Si](C)(C)C)C(=O)OC2. The Morgan fingerprint density at radius 2 is 1.97 bits per heavy atom. The molecule has 0 bridgehead atoms. The minimum absolute atomic E-state index is 0.154. The van der Waals surface area contributed by atoms with Gasteiger partial charge in [0.05, 0.1) is 26.5 Å². The number of hydrogen-bond acceptors (Lipinski definition) is 9. The number of methoxy groups -OCH3 is 1. The molecule has 0 saturated carbocycles. The monoisotopic (exact) mass is 585 g/mol. The van der Waals surface area contributed by atoms with Gasteiger partial charge in [-0.05, 0) is 45.7 Å². The van der Waals surface area contributed by atoms with Crippen LogP contribution in [-0.2, 0) is 36.4 Å². The molecule has 0 radical (unpaired) electrons. The molecule has 1 unspecified atom stereocenters. The molecule has 0 fully saturated rings. The van der Waals surface area contributed by atoms with Crippen molar-refractivity contribution in [3.63, 3.8) is 0 Å². The van der Waals surface area contributed by atoms with E-state index in [9.17, 15) is 19.0 Å². The number of rotatable bonds is 16. The first-order valence-corrected chi connectivity index (χ1v) is 18.7. The minimum atomic E-state index is -3.97. The highest BCUT2D eigenvalue weighted by Crippen LogP contribution is 2.44. The molecule has 0 aliphatic carbocycles. The van der Waals surface area contributed by atoms with Crippen molar-refractivity contribution in [2.24, 2.45) is 0 Å². The fraction of sp³-hybridized carbons (Fsp3) is 0.630. The van der Waals surface area contributed by atoms with E-state index in [1.165, 1.54) is 6.92 Å². The molecule has 1 aromatic carbocycles. The van der Waals surface area contributed by atoms with Crippen LogP contribution < -0.4 is 14.8 Å². The van der Waals surface area contributed by atoms with E-state index in [1.54, 1.807) is 14.0 Å². The van der Waals surface area contributed by atoms with Crippen molar-refractivity contribution in [2.75, 3.05) is 39.6 Å². The molecule has 220 valence electrons. The van der Waals surface area contributed by atoms with E-state index >= 15 is 0 Å². The smallest absolute Gasteiger partial charge is 0.342 e. The summed E-state index contributed by atoms with van der Waals surface area (Å²) in [7, 11) is -3.71. The molecule has 39 heavy (non-hydrogen) atoms. The summed E-state index contributed by atoms with van der Waals surface area (Å²) in [5.74, 6) is 0.156. The number of fused-ring (bicyclic) bond motifs is 1. The predicted molar refractivity (Wildman–Crippen MR) is 153 cm³/mol. The third-order valence-electron chi connectivity index (χ3n) is 6.30. The number of cyclic esters (lactones) is 1. The van der Waals surface area contributed by atoms with Crippen LogP contribution in [0.1, 0.15) is 47.8 Å². The topological polar surface area (TPSA) is 130 Å². The lowest BCUT2D eigenvalue weighted by molar-refractivity contribution is -0.150. The van der Waals surface area contributed by atoms with Crippen molar-refractivity contribution < 1.29 is 42.5 Å². The number of allylic oxidation sites excluding steroid dienone is 1. The van der Waals surface area contributed by atoms with Gasteiger partial charge in [0.15, 0.2) is 6.10 Å². The standard InChI is InChI=1S/C27H44NO9PSi/c1-9-34-26(29)20(4)37-38(31,32)14-12-28-16-18(2)10-11-21-24(33-5)19(3)22-17-36-27(30)23(22)25(21)35-13-15-39(6,7)8/h10,20,28H,9,11-17H2,1-8H3,(H,31,32)/b18-10+/t20-/m0/s1. The molecule has 1 aromatic rings. The van der Waals surface area contributed by atoms with Crippen LogP contribution in [-0.4, -0.2) is 70.6 Å². The first-order chi connectivity index (χ1) is 18.2. The summed E-state index contributed by atoms with van der Waals surface area (Å²) in [6.07, 6.45) is 1.21. The lowest BCUT2D eigenvalue weighted by Gasteiger charge is -2.21. The van der Waals surface area contributed by atoms with Gasteiger partial charge >= 0.3 is 19.5 Å². The molecular formula is C27H44NO9PSi. The van der Waals surface area contributed by atoms with Gasteiger partial charge in [-0.1, -0.05) is 31.3 Å². The maximum atomic E-state index is 12.6. The van der Waals surface area contributed by atoms with Crippen LogP contribution in [0.3, 0.4) is 0 Å². The second-order valence-electron chi connectivity index (χ2n) is 10.8. The lowest BCUT2D eigenvalue weighted by atomic mass is 9.95. The van der Waals surface area contributed by atoms with Crippen LogP contribution in [0.2, 0.25) is 25.7 Å². The molecule has 0 amide bonds. The molecule has 0 saturated heterocycles. The number of hydrogen-bond donors (Lipinski definition) is 2. The molecule has 1 aliphatic rings. The summed E-state index contributed by atoms with van der Waals surface area (Å²) in [6, 6.07) is 0.947. The second kappa shape index (κ2) is 14.5. The van der Waals surface area contributed by atoms with Crippen LogP contribution in [0.25, 0.3) is 0 Å². The molecule has 2 N–H and O–H groups in total. The Hall–Kier alpha value is -2.17. The molecule has 10 nitrogen and oxygen atoms in total. The van der Waals surface area contributed by atoms with E-state index in [2.05, 4.69) is 25.0 Å². The van der Waals surface area contributed by atoms with Crippen LogP contribution in [0, 0.1) is 6.92 Å². The first-order valence-electron chi connectivity index (χ1n) is 13.3. The van der Waals surface area contributed by atoms with Gasteiger partial charge in [0, 0.05) is 32.3 Å². The van der Waals surface area contributed by atoms with Crippen molar-refractivity contribution >= 4 is 27.6 Å². The number of nitrogens with one attached hydrogen (secondary N) is 1. The van der Waals surface area contributed by atoms with Gasteiger partial charge in [-0.2, -0.15) is 0 Å². The number of benzene rings is 1. The zero-order valence-electron chi connectivity index (χ0n) is 24.5. The van der Waals surface area contributed by atoms with E-state index in [0.717, 1.165) is 28.3 Å². The molecule has 2 atom stereocenters. The Bertz CT molecular complexity index is 1110. The highest BCUT2D eigenvalue weighted by molar-refractivity contribution is 7.52. The van der Waals surface area contributed by atoms with Crippen molar-refractivity contribution in [3.8, 4) is 11.5 Å². The largest absolute Gasteiger partial charge is 0.496 e. The average molecular weight is 586 g/mol. The average Bonchev–Trinajstić information content (AvgIpc) is 3.23. The van der Waals surface area contributed by atoms with Crippen LogP contribution in [0.15, 0.2) is 11.6 Å². The van der Waals surface area contributed by atoms with E-state index in [1.807, 2.05) is 19.9 Å². The van der Waals surface area contributed by atoms with Crippen molar-refractivity contribution in [2.45, 2.75) is 72.5 Å². The molecule has 1 aliphatic heterocycles. The zero-order chi connectivity index (χ0) is 29.4. The Balaban J connectivity index is 2.10. The molecule has 0 aromatic heterocycles. The van der Waals surface area contributed by atoms with Gasteiger partial charge in [-0.15, -0.1) is 0 Å². The first kappa shape index (κ1) is 33.0. The maximum absolute atomic E-state index is 12.6. The van der Waals surface area contributed by atoms with Gasteiger partial charge in [-0.3, -0.25) is 9.09 Å². The Morgan fingerprint density at radius 3 is 2.59 bits per heavy atom. The molecule has 2 rings (SSSR count). The van der Waals surface area contributed by atoms with E-state index < -0.39 is 27.7 Å². The Labute approximate surface area is 232 Å². The molecular weight excluding hydrogens is 541 g/mol. The fourth-order valence-electron chi connectivity index (χ4n) is 4.09. The Kier molecular flexibility index (Phi) is 12.2. The fourth-order valence-corrected chi connectivity index (χ4v) is 5.93. The summed E-state index contributed by atoms with van der Waals surface area (Å²) < 4.78 is 39.5. The summed E-state index contributed by atoms with van der Waals surface area (Å²) in [5, 5.41) is 3.13. The molecule has 1 heterocycles. The normalized spacial score (nSPS) is 15.8. The number of esters is 2. The third-order valence-corrected chi connectivity index (χ3v) is 9.43. The molecule has 12 heteroatoms. The van der Waals surface area contributed by atoms with Crippen molar-refractivity contribution in [1.29, 1.82) is 0 Å². The number of ether oxygens (including phenoxy) is 4.